The summed E-state index contributed by atoms with van der Waals surface area (Å²) in [6, 6.07) is 6.31. The van der Waals surface area contributed by atoms with Crippen molar-refractivity contribution in [2.24, 2.45) is 5.10 Å². The molecule has 0 saturated carbocycles. The quantitative estimate of drug-likeness (QED) is 0.231. The molecule has 3 rings (SSSR count). The first kappa shape index (κ1) is 23.9. The number of carboxylic acids is 1. The summed E-state index contributed by atoms with van der Waals surface area (Å²) in [5.41, 5.74) is 3.94. The molecule has 0 bridgehead atoms. The summed E-state index contributed by atoms with van der Waals surface area (Å²) in [7, 11) is 0. The number of anilines is 1. The van der Waals surface area contributed by atoms with Crippen molar-refractivity contribution in [3.05, 3.63) is 45.8 Å². The van der Waals surface area contributed by atoms with Crippen molar-refractivity contribution in [2.45, 2.75) is 32.6 Å². The summed E-state index contributed by atoms with van der Waals surface area (Å²) in [5.74, 6) is -3.17. The third-order valence-electron chi connectivity index (χ3n) is 4.71. The topological polar surface area (TPSA) is 143 Å². The Hall–Kier alpha value is -3.73. The standard InChI is InChI=1S/C22H23N3O7S/c1-2-31-22(30)18-15-5-3-4-6-16(15)33-21(18)24-19(28)20(29)25-23-11-13-7-9-14(10-8-13)32-12-17(26)27/h7-11H,2-6,12H2,1H3,(H,24,28)(H,25,29)(H,26,27)/b23-11-. The van der Waals surface area contributed by atoms with Crippen molar-refractivity contribution in [3.8, 4) is 5.75 Å². The van der Waals surface area contributed by atoms with Crippen LogP contribution >= 0.6 is 11.3 Å². The Kier molecular flexibility index (Phi) is 8.14. The van der Waals surface area contributed by atoms with Gasteiger partial charge in [-0.05, 0) is 68.0 Å². The van der Waals surface area contributed by atoms with Gasteiger partial charge in [-0.15, -0.1) is 11.3 Å². The first-order valence-corrected chi connectivity index (χ1v) is 11.1. The van der Waals surface area contributed by atoms with Crippen molar-refractivity contribution in [1.82, 2.24) is 5.43 Å². The van der Waals surface area contributed by atoms with Crippen molar-refractivity contribution in [3.63, 3.8) is 0 Å². The lowest BCUT2D eigenvalue weighted by Gasteiger charge is -2.12. The molecule has 0 radical (unpaired) electrons. The second-order valence-corrected chi connectivity index (χ2v) is 8.15. The molecule has 33 heavy (non-hydrogen) atoms. The van der Waals surface area contributed by atoms with Crippen LogP contribution in [0.1, 0.15) is 46.1 Å². The predicted molar refractivity (Wildman–Crippen MR) is 121 cm³/mol. The maximum Gasteiger partial charge on any atom is 0.341 e. The number of hydrogen-bond acceptors (Lipinski definition) is 8. The third-order valence-corrected chi connectivity index (χ3v) is 5.91. The fourth-order valence-corrected chi connectivity index (χ4v) is 4.52. The van der Waals surface area contributed by atoms with Crippen molar-refractivity contribution in [2.75, 3.05) is 18.5 Å². The second kappa shape index (κ2) is 11.2. The summed E-state index contributed by atoms with van der Waals surface area (Å²) in [5, 5.41) is 15.2. The largest absolute Gasteiger partial charge is 0.482 e. The van der Waals surface area contributed by atoms with Gasteiger partial charge in [0.2, 0.25) is 0 Å². The van der Waals surface area contributed by atoms with Crippen LogP contribution < -0.4 is 15.5 Å². The van der Waals surface area contributed by atoms with Crippen molar-refractivity contribution < 1.29 is 33.8 Å². The van der Waals surface area contributed by atoms with Gasteiger partial charge in [0, 0.05) is 4.88 Å². The SMILES string of the molecule is CCOC(=O)c1c(NC(=O)C(=O)N/N=C\c2ccc(OCC(=O)O)cc2)sc2c1CCCC2. The van der Waals surface area contributed by atoms with E-state index in [2.05, 4.69) is 15.8 Å². The van der Waals surface area contributed by atoms with E-state index in [1.807, 2.05) is 0 Å². The van der Waals surface area contributed by atoms with Crippen LogP contribution in [0.15, 0.2) is 29.4 Å². The van der Waals surface area contributed by atoms with E-state index < -0.39 is 30.4 Å². The smallest absolute Gasteiger partial charge is 0.341 e. The molecular formula is C22H23N3O7S. The molecule has 1 aliphatic rings. The minimum Gasteiger partial charge on any atom is -0.482 e. The first-order valence-electron chi connectivity index (χ1n) is 10.3. The highest BCUT2D eigenvalue weighted by atomic mass is 32.1. The molecule has 2 amide bonds. The minimum absolute atomic E-state index is 0.207. The van der Waals surface area contributed by atoms with E-state index in [0.29, 0.717) is 21.9 Å². The van der Waals surface area contributed by atoms with Crippen LogP contribution in [0.4, 0.5) is 5.00 Å². The first-order chi connectivity index (χ1) is 15.9. The minimum atomic E-state index is -1.08. The highest BCUT2D eigenvalue weighted by Crippen LogP contribution is 2.38. The van der Waals surface area contributed by atoms with Gasteiger partial charge in [-0.3, -0.25) is 9.59 Å². The van der Waals surface area contributed by atoms with Crippen LogP contribution in [0.5, 0.6) is 5.75 Å². The van der Waals surface area contributed by atoms with Crippen LogP contribution in [0.2, 0.25) is 0 Å². The molecular weight excluding hydrogens is 450 g/mol. The van der Waals surface area contributed by atoms with Gasteiger partial charge in [-0.25, -0.2) is 15.0 Å². The number of nitrogens with zero attached hydrogens (tertiary/aromatic N) is 1. The molecule has 1 heterocycles. The molecule has 10 nitrogen and oxygen atoms in total. The van der Waals surface area contributed by atoms with E-state index in [0.717, 1.165) is 36.1 Å². The number of nitrogens with one attached hydrogen (secondary N) is 2. The number of rotatable bonds is 8. The Morgan fingerprint density at radius 1 is 1.12 bits per heavy atom. The number of hydrazone groups is 1. The van der Waals surface area contributed by atoms with Gasteiger partial charge in [0.1, 0.15) is 10.8 Å². The van der Waals surface area contributed by atoms with E-state index in [1.165, 1.54) is 17.6 Å². The zero-order valence-corrected chi connectivity index (χ0v) is 18.7. The lowest BCUT2D eigenvalue weighted by molar-refractivity contribution is -0.139. The van der Waals surface area contributed by atoms with E-state index in [-0.39, 0.29) is 6.61 Å². The molecule has 3 N–H and O–H groups in total. The number of hydrogen-bond donors (Lipinski definition) is 3. The van der Waals surface area contributed by atoms with Gasteiger partial charge in [0.25, 0.3) is 0 Å². The zero-order chi connectivity index (χ0) is 23.8. The average molecular weight is 474 g/mol. The number of aryl methyl sites for hydroxylation is 1. The lowest BCUT2D eigenvalue weighted by atomic mass is 9.95. The number of esters is 1. The number of fused-ring (bicyclic) bond motifs is 1. The van der Waals surface area contributed by atoms with Crippen molar-refractivity contribution in [1.29, 1.82) is 0 Å². The molecule has 11 heteroatoms. The molecule has 0 aliphatic heterocycles. The number of aliphatic carboxylic acids is 1. The Balaban J connectivity index is 1.61. The van der Waals surface area contributed by atoms with E-state index >= 15 is 0 Å². The van der Waals surface area contributed by atoms with Gasteiger partial charge >= 0.3 is 23.8 Å². The van der Waals surface area contributed by atoms with E-state index in [9.17, 15) is 19.2 Å². The summed E-state index contributed by atoms with van der Waals surface area (Å²) < 4.78 is 10.2. The number of carboxylic acid groups (broad SMARTS) is 1. The summed E-state index contributed by atoms with van der Waals surface area (Å²) >= 11 is 1.29. The monoisotopic (exact) mass is 473 g/mol. The van der Waals surface area contributed by atoms with Crippen molar-refractivity contribution >= 4 is 46.3 Å². The van der Waals surface area contributed by atoms with Gasteiger partial charge in [0.05, 0.1) is 18.4 Å². The maximum atomic E-state index is 12.4. The average Bonchev–Trinajstić information content (AvgIpc) is 3.16. The summed E-state index contributed by atoms with van der Waals surface area (Å²) in [6.07, 6.45) is 4.82. The molecule has 0 unspecified atom stereocenters. The van der Waals surface area contributed by atoms with Gasteiger partial charge in [-0.2, -0.15) is 5.10 Å². The van der Waals surface area contributed by atoms with E-state index in [1.54, 1.807) is 31.2 Å². The molecule has 0 atom stereocenters. The van der Waals surface area contributed by atoms with E-state index in [4.69, 9.17) is 14.6 Å². The lowest BCUT2D eigenvalue weighted by Crippen LogP contribution is -2.32. The maximum absolute atomic E-state index is 12.4. The highest BCUT2D eigenvalue weighted by Gasteiger charge is 2.28. The fraction of sp³-hybridized carbons (Fsp3) is 0.318. The second-order valence-electron chi connectivity index (χ2n) is 7.04. The van der Waals surface area contributed by atoms with Crippen LogP contribution in [0, 0.1) is 0 Å². The number of carbonyl (C=O) groups excluding carboxylic acids is 3. The van der Waals surface area contributed by atoms with Gasteiger partial charge < -0.3 is 19.9 Å². The highest BCUT2D eigenvalue weighted by molar-refractivity contribution is 7.17. The number of carbonyl (C=O) groups is 4. The molecule has 0 saturated heterocycles. The Bertz CT molecular complexity index is 1080. The molecule has 1 aromatic carbocycles. The number of thiophene rings is 1. The summed E-state index contributed by atoms with van der Waals surface area (Å²) in [4.78, 5) is 48.5. The van der Waals surface area contributed by atoms with Crippen LogP contribution in [0.3, 0.4) is 0 Å². The van der Waals surface area contributed by atoms with Crippen LogP contribution in [0.25, 0.3) is 0 Å². The molecule has 1 aromatic heterocycles. The molecule has 2 aromatic rings. The summed E-state index contributed by atoms with van der Waals surface area (Å²) in [6.45, 7) is 1.46. The Labute approximate surface area is 193 Å². The predicted octanol–water partition coefficient (Wildman–Crippen LogP) is 2.36. The molecule has 0 fully saturated rings. The molecule has 174 valence electrons. The fourth-order valence-electron chi connectivity index (χ4n) is 3.24. The molecule has 1 aliphatic carbocycles. The number of amides is 2. The molecule has 0 spiro atoms. The van der Waals surface area contributed by atoms with Gasteiger partial charge in [-0.1, -0.05) is 0 Å². The Morgan fingerprint density at radius 2 is 1.85 bits per heavy atom. The Morgan fingerprint density at radius 3 is 2.55 bits per heavy atom. The third kappa shape index (κ3) is 6.39. The van der Waals surface area contributed by atoms with Crippen LogP contribution in [-0.2, 0) is 32.0 Å². The zero-order valence-electron chi connectivity index (χ0n) is 17.9. The van der Waals surface area contributed by atoms with Gasteiger partial charge in [0.15, 0.2) is 6.61 Å². The number of benzene rings is 1. The van der Waals surface area contributed by atoms with Crippen LogP contribution in [-0.4, -0.2) is 48.3 Å². The normalized spacial score (nSPS) is 12.6. The number of ether oxygens (including phenoxy) is 2.